The van der Waals surface area contributed by atoms with Crippen molar-refractivity contribution in [3.63, 3.8) is 0 Å². The Bertz CT molecular complexity index is 517. The predicted molar refractivity (Wildman–Crippen MR) is 67.6 cm³/mol. The lowest BCUT2D eigenvalue weighted by Crippen LogP contribution is -2.13. The van der Waals surface area contributed by atoms with E-state index >= 15 is 0 Å². The fourth-order valence-electron chi connectivity index (χ4n) is 1.73. The second-order valence-electron chi connectivity index (χ2n) is 3.76. The minimum Gasteiger partial charge on any atom is -0.497 e. The van der Waals surface area contributed by atoms with Gasteiger partial charge in [-0.25, -0.2) is 9.97 Å². The van der Waals surface area contributed by atoms with Crippen LogP contribution in [-0.4, -0.2) is 24.2 Å². The summed E-state index contributed by atoms with van der Waals surface area (Å²) in [4.78, 5) is 7.93. The van der Waals surface area contributed by atoms with Crippen LogP contribution in [0.4, 0.5) is 0 Å². The molecule has 5 nitrogen and oxygen atoms in total. The Hall–Kier alpha value is -2.14. The minimum atomic E-state index is -0.351. The van der Waals surface area contributed by atoms with E-state index in [1.165, 1.54) is 6.33 Å². The van der Waals surface area contributed by atoms with Crippen LogP contribution in [0.15, 0.2) is 36.9 Å². The zero-order valence-corrected chi connectivity index (χ0v) is 10.3. The summed E-state index contributed by atoms with van der Waals surface area (Å²) in [5, 5.41) is 0. The van der Waals surface area contributed by atoms with Gasteiger partial charge < -0.3 is 15.2 Å². The van der Waals surface area contributed by atoms with Crippen LogP contribution in [0.1, 0.15) is 17.2 Å². The standard InChI is InChI=1S/C13H15N3O2/c1-17-10-3-4-12(18-2)11(5-10)13(14)9-6-15-8-16-7-9/h3-8,13H,14H2,1-2H3. The van der Waals surface area contributed by atoms with E-state index in [1.807, 2.05) is 18.2 Å². The largest absolute Gasteiger partial charge is 0.497 e. The maximum atomic E-state index is 6.20. The van der Waals surface area contributed by atoms with Crippen molar-refractivity contribution in [2.45, 2.75) is 6.04 Å². The lowest BCUT2D eigenvalue weighted by atomic mass is 10.0. The quantitative estimate of drug-likeness (QED) is 0.884. The van der Waals surface area contributed by atoms with E-state index in [4.69, 9.17) is 15.2 Å². The third kappa shape index (κ3) is 2.41. The van der Waals surface area contributed by atoms with E-state index in [-0.39, 0.29) is 6.04 Å². The van der Waals surface area contributed by atoms with Crippen molar-refractivity contribution in [3.05, 3.63) is 48.0 Å². The molecule has 0 saturated heterocycles. The fraction of sp³-hybridized carbons (Fsp3) is 0.231. The normalized spacial score (nSPS) is 11.9. The summed E-state index contributed by atoms with van der Waals surface area (Å²) in [6.07, 6.45) is 4.85. The van der Waals surface area contributed by atoms with Crippen LogP contribution in [0.3, 0.4) is 0 Å². The molecule has 0 aliphatic carbocycles. The fourth-order valence-corrected chi connectivity index (χ4v) is 1.73. The molecule has 0 fully saturated rings. The molecule has 0 aliphatic rings. The molecule has 1 aromatic heterocycles. The Morgan fingerprint density at radius 3 is 2.44 bits per heavy atom. The average Bonchev–Trinajstić information content (AvgIpc) is 2.46. The van der Waals surface area contributed by atoms with Gasteiger partial charge in [-0.1, -0.05) is 0 Å². The first-order valence-corrected chi connectivity index (χ1v) is 5.48. The summed E-state index contributed by atoms with van der Waals surface area (Å²) < 4.78 is 10.5. The number of hydrogen-bond donors (Lipinski definition) is 1. The van der Waals surface area contributed by atoms with Crippen LogP contribution in [0.2, 0.25) is 0 Å². The van der Waals surface area contributed by atoms with Crippen LogP contribution in [0, 0.1) is 0 Å². The van der Waals surface area contributed by atoms with Gasteiger partial charge in [0, 0.05) is 23.5 Å². The van der Waals surface area contributed by atoms with Gasteiger partial charge in [0.15, 0.2) is 0 Å². The Labute approximate surface area is 106 Å². The molecule has 94 valence electrons. The number of nitrogens with two attached hydrogens (primary N) is 1. The summed E-state index contributed by atoms with van der Waals surface area (Å²) in [5.74, 6) is 1.45. The molecular formula is C13H15N3O2. The van der Waals surface area contributed by atoms with Crippen molar-refractivity contribution in [2.75, 3.05) is 14.2 Å². The van der Waals surface area contributed by atoms with E-state index in [2.05, 4.69) is 9.97 Å². The Morgan fingerprint density at radius 1 is 1.11 bits per heavy atom. The van der Waals surface area contributed by atoms with Crippen LogP contribution >= 0.6 is 0 Å². The van der Waals surface area contributed by atoms with E-state index in [0.717, 1.165) is 16.9 Å². The van der Waals surface area contributed by atoms with Crippen molar-refractivity contribution in [3.8, 4) is 11.5 Å². The SMILES string of the molecule is COc1ccc(OC)c(C(N)c2cncnc2)c1. The average molecular weight is 245 g/mol. The molecule has 1 unspecified atom stereocenters. The molecular weight excluding hydrogens is 230 g/mol. The zero-order chi connectivity index (χ0) is 13.0. The highest BCUT2D eigenvalue weighted by atomic mass is 16.5. The summed E-state index contributed by atoms with van der Waals surface area (Å²) >= 11 is 0. The highest BCUT2D eigenvalue weighted by molar-refractivity contribution is 5.45. The molecule has 1 atom stereocenters. The van der Waals surface area contributed by atoms with Crippen molar-refractivity contribution in [1.82, 2.24) is 9.97 Å². The molecule has 0 bridgehead atoms. The lowest BCUT2D eigenvalue weighted by Gasteiger charge is -2.16. The smallest absolute Gasteiger partial charge is 0.124 e. The van der Waals surface area contributed by atoms with Gasteiger partial charge >= 0.3 is 0 Å². The third-order valence-corrected chi connectivity index (χ3v) is 2.71. The molecule has 0 aliphatic heterocycles. The highest BCUT2D eigenvalue weighted by Crippen LogP contribution is 2.31. The van der Waals surface area contributed by atoms with Gasteiger partial charge in [0.25, 0.3) is 0 Å². The summed E-state index contributed by atoms with van der Waals surface area (Å²) in [5.41, 5.74) is 7.86. The maximum absolute atomic E-state index is 6.20. The Balaban J connectivity index is 2.42. The molecule has 0 saturated carbocycles. The summed E-state index contributed by atoms with van der Waals surface area (Å²) in [6, 6.07) is 5.17. The second-order valence-corrected chi connectivity index (χ2v) is 3.76. The van der Waals surface area contributed by atoms with Gasteiger partial charge in [-0.15, -0.1) is 0 Å². The van der Waals surface area contributed by atoms with Crippen molar-refractivity contribution < 1.29 is 9.47 Å². The summed E-state index contributed by atoms with van der Waals surface area (Å²) in [6.45, 7) is 0. The van der Waals surface area contributed by atoms with Crippen LogP contribution in [0.5, 0.6) is 11.5 Å². The van der Waals surface area contributed by atoms with E-state index in [9.17, 15) is 0 Å². The number of ether oxygens (including phenoxy) is 2. The van der Waals surface area contributed by atoms with Crippen molar-refractivity contribution >= 4 is 0 Å². The van der Waals surface area contributed by atoms with Crippen molar-refractivity contribution in [2.24, 2.45) is 5.73 Å². The molecule has 0 radical (unpaired) electrons. The number of nitrogens with zero attached hydrogens (tertiary/aromatic N) is 2. The number of benzene rings is 1. The van der Waals surface area contributed by atoms with Gasteiger partial charge in [-0.05, 0) is 18.2 Å². The van der Waals surface area contributed by atoms with Gasteiger partial charge in [-0.3, -0.25) is 0 Å². The first kappa shape index (κ1) is 12.3. The molecule has 5 heteroatoms. The zero-order valence-electron chi connectivity index (χ0n) is 10.3. The molecule has 2 N–H and O–H groups in total. The van der Waals surface area contributed by atoms with E-state index < -0.39 is 0 Å². The topological polar surface area (TPSA) is 70.3 Å². The van der Waals surface area contributed by atoms with Gasteiger partial charge in [0.05, 0.1) is 20.3 Å². The Kier molecular flexibility index (Phi) is 3.74. The van der Waals surface area contributed by atoms with Gasteiger partial charge in [0.1, 0.15) is 17.8 Å². The molecule has 1 heterocycles. The number of aromatic nitrogens is 2. The first-order valence-electron chi connectivity index (χ1n) is 5.48. The third-order valence-electron chi connectivity index (χ3n) is 2.71. The van der Waals surface area contributed by atoms with Crippen molar-refractivity contribution in [1.29, 1.82) is 0 Å². The highest BCUT2D eigenvalue weighted by Gasteiger charge is 2.15. The van der Waals surface area contributed by atoms with Gasteiger partial charge in [-0.2, -0.15) is 0 Å². The molecule has 1 aromatic carbocycles. The molecule has 2 rings (SSSR count). The summed E-state index contributed by atoms with van der Waals surface area (Å²) in [7, 11) is 3.22. The molecule has 18 heavy (non-hydrogen) atoms. The Morgan fingerprint density at radius 2 is 1.83 bits per heavy atom. The first-order chi connectivity index (χ1) is 8.76. The maximum Gasteiger partial charge on any atom is 0.124 e. The molecule has 2 aromatic rings. The van der Waals surface area contributed by atoms with Crippen LogP contribution in [0.25, 0.3) is 0 Å². The minimum absolute atomic E-state index is 0.351. The van der Waals surface area contributed by atoms with E-state index in [0.29, 0.717) is 5.75 Å². The van der Waals surface area contributed by atoms with E-state index in [1.54, 1.807) is 26.6 Å². The lowest BCUT2D eigenvalue weighted by molar-refractivity contribution is 0.397. The second kappa shape index (κ2) is 5.46. The molecule has 0 amide bonds. The number of methoxy groups -OCH3 is 2. The van der Waals surface area contributed by atoms with Gasteiger partial charge in [0.2, 0.25) is 0 Å². The predicted octanol–water partition coefficient (Wildman–Crippen LogP) is 1.54. The van der Waals surface area contributed by atoms with Crippen LogP contribution < -0.4 is 15.2 Å². The monoisotopic (exact) mass is 245 g/mol. The number of hydrogen-bond acceptors (Lipinski definition) is 5. The number of rotatable bonds is 4. The molecule has 0 spiro atoms. The van der Waals surface area contributed by atoms with Crippen LogP contribution in [-0.2, 0) is 0 Å².